The molecule has 0 aliphatic heterocycles. The SMILES string of the molecule is O=C(/C(=N/N=C/c1ccc(-n2ccnc2)cc1)c1ccccc1)c1ccccc1. The molecule has 0 N–H and O–H groups in total. The molecule has 4 aromatic rings. The van der Waals surface area contributed by atoms with Crippen LogP contribution in [0.25, 0.3) is 5.69 Å². The molecule has 3 aromatic carbocycles. The van der Waals surface area contributed by atoms with Crippen molar-refractivity contribution in [2.45, 2.75) is 0 Å². The van der Waals surface area contributed by atoms with E-state index in [2.05, 4.69) is 15.2 Å². The smallest absolute Gasteiger partial charge is 0.213 e. The minimum atomic E-state index is -0.163. The van der Waals surface area contributed by atoms with Gasteiger partial charge in [0.15, 0.2) is 0 Å². The van der Waals surface area contributed by atoms with Crippen LogP contribution >= 0.6 is 0 Å². The van der Waals surface area contributed by atoms with Gasteiger partial charge in [0.1, 0.15) is 5.71 Å². The van der Waals surface area contributed by atoms with Crippen molar-refractivity contribution in [1.29, 1.82) is 0 Å². The molecule has 29 heavy (non-hydrogen) atoms. The lowest BCUT2D eigenvalue weighted by molar-refractivity contribution is 0.106. The summed E-state index contributed by atoms with van der Waals surface area (Å²) in [6, 6.07) is 26.3. The van der Waals surface area contributed by atoms with E-state index in [4.69, 9.17) is 0 Å². The van der Waals surface area contributed by atoms with E-state index in [9.17, 15) is 4.79 Å². The van der Waals surface area contributed by atoms with Crippen molar-refractivity contribution in [2.75, 3.05) is 0 Å². The highest BCUT2D eigenvalue weighted by Crippen LogP contribution is 2.11. The first-order chi connectivity index (χ1) is 14.3. The van der Waals surface area contributed by atoms with Crippen LogP contribution in [0.2, 0.25) is 0 Å². The lowest BCUT2D eigenvalue weighted by atomic mass is 10.0. The molecule has 0 saturated carbocycles. The molecule has 0 aliphatic rings. The number of rotatable bonds is 6. The van der Waals surface area contributed by atoms with Gasteiger partial charge >= 0.3 is 0 Å². The van der Waals surface area contributed by atoms with E-state index >= 15 is 0 Å². The molecule has 4 rings (SSSR count). The summed E-state index contributed by atoms with van der Waals surface area (Å²) in [5.74, 6) is -0.163. The lowest BCUT2D eigenvalue weighted by Crippen LogP contribution is -2.15. The van der Waals surface area contributed by atoms with Gasteiger partial charge in [-0.15, -0.1) is 5.10 Å². The maximum atomic E-state index is 13.0. The van der Waals surface area contributed by atoms with Gasteiger partial charge < -0.3 is 4.57 Å². The number of carbonyl (C=O) groups excluding carboxylic acids is 1. The summed E-state index contributed by atoms with van der Waals surface area (Å²) < 4.78 is 1.92. The van der Waals surface area contributed by atoms with Crippen LogP contribution in [0.4, 0.5) is 0 Å². The van der Waals surface area contributed by atoms with Crippen molar-refractivity contribution in [2.24, 2.45) is 10.2 Å². The topological polar surface area (TPSA) is 59.6 Å². The van der Waals surface area contributed by atoms with E-state index < -0.39 is 0 Å². The van der Waals surface area contributed by atoms with E-state index in [0.29, 0.717) is 11.3 Å². The lowest BCUT2D eigenvalue weighted by Gasteiger charge is -2.04. The number of ketones is 1. The zero-order valence-corrected chi connectivity index (χ0v) is 15.6. The van der Waals surface area contributed by atoms with Gasteiger partial charge in [-0.05, 0) is 17.7 Å². The van der Waals surface area contributed by atoms with Gasteiger partial charge in [0.2, 0.25) is 5.78 Å². The van der Waals surface area contributed by atoms with Gasteiger partial charge in [0, 0.05) is 29.2 Å². The van der Waals surface area contributed by atoms with Crippen LogP contribution in [0, 0.1) is 0 Å². The Morgan fingerprint density at radius 3 is 2.10 bits per heavy atom. The standard InChI is InChI=1S/C24H18N4O/c29-24(21-9-5-2-6-10-21)23(20-7-3-1-4-8-20)27-26-17-19-11-13-22(14-12-19)28-16-15-25-18-28/h1-18H/b26-17+,27-23+. The largest absolute Gasteiger partial charge is 0.306 e. The minimum absolute atomic E-state index is 0.163. The molecule has 1 aromatic heterocycles. The van der Waals surface area contributed by atoms with Crippen LogP contribution < -0.4 is 0 Å². The summed E-state index contributed by atoms with van der Waals surface area (Å²) in [7, 11) is 0. The van der Waals surface area contributed by atoms with Crippen molar-refractivity contribution in [3.63, 3.8) is 0 Å². The highest BCUT2D eigenvalue weighted by Gasteiger charge is 2.15. The molecular formula is C24H18N4O. The second-order valence-electron chi connectivity index (χ2n) is 6.32. The summed E-state index contributed by atoms with van der Waals surface area (Å²) in [4.78, 5) is 17.0. The molecule has 0 spiro atoms. The molecule has 0 fully saturated rings. The first-order valence-corrected chi connectivity index (χ1v) is 9.16. The van der Waals surface area contributed by atoms with E-state index in [-0.39, 0.29) is 5.78 Å². The molecule has 0 unspecified atom stereocenters. The number of Topliss-reactive ketones (excluding diaryl/α,β-unsaturated/α-hetero) is 1. The fourth-order valence-corrected chi connectivity index (χ4v) is 2.85. The van der Waals surface area contributed by atoms with Gasteiger partial charge in [-0.25, -0.2) is 4.98 Å². The fraction of sp³-hybridized carbons (Fsp3) is 0. The zero-order valence-electron chi connectivity index (χ0n) is 15.6. The predicted octanol–water partition coefficient (Wildman–Crippen LogP) is 4.58. The Morgan fingerprint density at radius 2 is 1.48 bits per heavy atom. The molecule has 0 atom stereocenters. The quantitative estimate of drug-likeness (QED) is 0.280. The third kappa shape index (κ3) is 4.42. The number of aromatic nitrogens is 2. The maximum absolute atomic E-state index is 13.0. The van der Waals surface area contributed by atoms with Crippen molar-refractivity contribution < 1.29 is 4.79 Å². The summed E-state index contributed by atoms with van der Waals surface area (Å²) in [5, 5.41) is 8.44. The summed E-state index contributed by atoms with van der Waals surface area (Å²) in [6.07, 6.45) is 7.00. The molecule has 0 aliphatic carbocycles. The average molecular weight is 378 g/mol. The molecular weight excluding hydrogens is 360 g/mol. The Bertz CT molecular complexity index is 1130. The fourth-order valence-electron chi connectivity index (χ4n) is 2.85. The molecule has 0 saturated heterocycles. The number of benzene rings is 3. The number of hydrogen-bond donors (Lipinski definition) is 0. The van der Waals surface area contributed by atoms with Gasteiger partial charge in [0.05, 0.1) is 12.5 Å². The van der Waals surface area contributed by atoms with Gasteiger partial charge in [-0.2, -0.15) is 5.10 Å². The Balaban J connectivity index is 1.60. The van der Waals surface area contributed by atoms with Crippen LogP contribution in [0.15, 0.2) is 114 Å². The van der Waals surface area contributed by atoms with Crippen LogP contribution in [0.5, 0.6) is 0 Å². The number of nitrogens with zero attached hydrogens (tertiary/aromatic N) is 4. The van der Waals surface area contributed by atoms with Crippen molar-refractivity contribution in [3.05, 3.63) is 120 Å². The number of imidazole rings is 1. The number of hydrogen-bond acceptors (Lipinski definition) is 4. The maximum Gasteiger partial charge on any atom is 0.213 e. The van der Waals surface area contributed by atoms with Crippen molar-refractivity contribution >= 4 is 17.7 Å². The summed E-state index contributed by atoms with van der Waals surface area (Å²) >= 11 is 0. The third-order valence-corrected chi connectivity index (χ3v) is 4.36. The predicted molar refractivity (Wildman–Crippen MR) is 115 cm³/mol. The minimum Gasteiger partial charge on any atom is -0.306 e. The summed E-state index contributed by atoms with van der Waals surface area (Å²) in [5.41, 5.74) is 3.51. The second-order valence-corrected chi connectivity index (χ2v) is 6.32. The Hall–Kier alpha value is -4.12. The van der Waals surface area contributed by atoms with E-state index in [1.54, 1.807) is 30.9 Å². The normalized spacial score (nSPS) is 11.7. The van der Waals surface area contributed by atoms with Crippen LogP contribution in [-0.4, -0.2) is 27.3 Å². The first kappa shape index (κ1) is 18.3. The van der Waals surface area contributed by atoms with Gasteiger partial charge in [0.25, 0.3) is 0 Å². The average Bonchev–Trinajstić information content (AvgIpc) is 3.33. The Kier molecular flexibility index (Phi) is 5.48. The van der Waals surface area contributed by atoms with E-state index in [1.807, 2.05) is 83.6 Å². The third-order valence-electron chi connectivity index (χ3n) is 4.36. The molecule has 0 radical (unpaired) electrons. The van der Waals surface area contributed by atoms with Crippen LogP contribution in [0.3, 0.4) is 0 Å². The van der Waals surface area contributed by atoms with Gasteiger partial charge in [-0.1, -0.05) is 72.8 Å². The zero-order chi connectivity index (χ0) is 19.9. The second kappa shape index (κ2) is 8.71. The monoisotopic (exact) mass is 378 g/mol. The molecule has 140 valence electrons. The molecule has 0 amide bonds. The molecule has 1 heterocycles. The highest BCUT2D eigenvalue weighted by molar-refractivity contribution is 6.51. The molecule has 0 bridgehead atoms. The van der Waals surface area contributed by atoms with Crippen LogP contribution in [0.1, 0.15) is 21.5 Å². The number of carbonyl (C=O) groups is 1. The highest BCUT2D eigenvalue weighted by atomic mass is 16.1. The molecule has 5 heteroatoms. The Labute approximate surface area is 168 Å². The summed E-state index contributed by atoms with van der Waals surface area (Å²) in [6.45, 7) is 0. The Morgan fingerprint density at radius 1 is 0.828 bits per heavy atom. The van der Waals surface area contributed by atoms with E-state index in [1.165, 1.54) is 0 Å². The van der Waals surface area contributed by atoms with Crippen molar-refractivity contribution in [1.82, 2.24) is 9.55 Å². The van der Waals surface area contributed by atoms with Gasteiger partial charge in [-0.3, -0.25) is 4.79 Å². The van der Waals surface area contributed by atoms with E-state index in [0.717, 1.165) is 16.8 Å². The van der Waals surface area contributed by atoms with Crippen LogP contribution in [-0.2, 0) is 0 Å². The first-order valence-electron chi connectivity index (χ1n) is 9.16. The van der Waals surface area contributed by atoms with Crippen molar-refractivity contribution in [3.8, 4) is 5.69 Å². The molecule has 5 nitrogen and oxygen atoms in total.